The van der Waals surface area contributed by atoms with Crippen molar-refractivity contribution in [2.24, 2.45) is 0 Å². The number of nitriles is 1. The summed E-state index contributed by atoms with van der Waals surface area (Å²) in [6.45, 7) is 3.88. The van der Waals surface area contributed by atoms with Crippen molar-refractivity contribution >= 4 is 15.9 Å². The van der Waals surface area contributed by atoms with Crippen LogP contribution in [0.3, 0.4) is 0 Å². The van der Waals surface area contributed by atoms with Gasteiger partial charge in [-0.1, -0.05) is 18.2 Å². The van der Waals surface area contributed by atoms with Crippen LogP contribution in [-0.2, 0) is 10.0 Å². The van der Waals surface area contributed by atoms with E-state index in [0.29, 0.717) is 44.6 Å². The van der Waals surface area contributed by atoms with Gasteiger partial charge in [-0.05, 0) is 43.3 Å². The third-order valence-electron chi connectivity index (χ3n) is 5.03. The van der Waals surface area contributed by atoms with Gasteiger partial charge in [0.1, 0.15) is 11.8 Å². The van der Waals surface area contributed by atoms with Gasteiger partial charge in [0.05, 0.1) is 11.5 Å². The number of oxazole rings is 1. The highest BCUT2D eigenvalue weighted by Crippen LogP contribution is 2.30. The first-order chi connectivity index (χ1) is 15.0. The van der Waals surface area contributed by atoms with E-state index in [1.165, 1.54) is 4.31 Å². The highest BCUT2D eigenvalue weighted by atomic mass is 32.2. The van der Waals surface area contributed by atoms with Gasteiger partial charge in [-0.15, -0.1) is 0 Å². The molecule has 160 valence electrons. The van der Waals surface area contributed by atoms with Gasteiger partial charge < -0.3 is 14.1 Å². The second kappa shape index (κ2) is 8.79. The number of hydrogen-bond acceptors (Lipinski definition) is 7. The second-order valence-electron chi connectivity index (χ2n) is 6.95. The monoisotopic (exact) mass is 438 g/mol. The summed E-state index contributed by atoms with van der Waals surface area (Å²) in [5.41, 5.74) is 0.916. The third-order valence-corrected chi connectivity index (χ3v) is 6.95. The molecule has 8 nitrogen and oxygen atoms in total. The fourth-order valence-electron chi connectivity index (χ4n) is 3.46. The number of nitrogens with zero attached hydrogens (tertiary/aromatic N) is 4. The van der Waals surface area contributed by atoms with Gasteiger partial charge in [0.25, 0.3) is 0 Å². The van der Waals surface area contributed by atoms with Crippen molar-refractivity contribution in [1.82, 2.24) is 9.29 Å². The van der Waals surface area contributed by atoms with Crippen LogP contribution in [0.15, 0.2) is 63.9 Å². The van der Waals surface area contributed by atoms with Gasteiger partial charge in [-0.25, -0.2) is 8.42 Å². The highest BCUT2D eigenvalue weighted by molar-refractivity contribution is 7.89. The van der Waals surface area contributed by atoms with Gasteiger partial charge in [-0.2, -0.15) is 14.6 Å². The summed E-state index contributed by atoms with van der Waals surface area (Å²) in [5.74, 6) is 1.45. The molecule has 0 aliphatic carbocycles. The second-order valence-corrected chi connectivity index (χ2v) is 8.88. The molecule has 1 fully saturated rings. The Kier molecular flexibility index (Phi) is 5.93. The molecule has 1 aliphatic rings. The van der Waals surface area contributed by atoms with Crippen molar-refractivity contribution in [2.45, 2.75) is 11.8 Å². The lowest BCUT2D eigenvalue weighted by Crippen LogP contribution is -2.48. The molecular formula is C22H22N4O4S. The molecule has 0 amide bonds. The molecule has 0 spiro atoms. The number of benzene rings is 2. The molecule has 3 aromatic rings. The van der Waals surface area contributed by atoms with Gasteiger partial charge in [0.2, 0.25) is 27.5 Å². The molecule has 1 saturated heterocycles. The molecule has 1 aliphatic heterocycles. The summed E-state index contributed by atoms with van der Waals surface area (Å²) in [7, 11) is -3.55. The Labute approximate surface area is 181 Å². The van der Waals surface area contributed by atoms with Crippen LogP contribution in [0.1, 0.15) is 12.6 Å². The molecule has 0 radical (unpaired) electrons. The van der Waals surface area contributed by atoms with Crippen molar-refractivity contribution < 1.29 is 17.6 Å². The standard InChI is InChI=1S/C22H22N4O4S/c1-2-29-18-10-8-17(9-11-18)21-24-20(16-23)22(30-21)25-12-14-26(15-13-25)31(27,28)19-6-4-3-5-7-19/h3-11H,2,12-15H2,1H3. The maximum absolute atomic E-state index is 12.8. The van der Waals surface area contributed by atoms with Crippen molar-refractivity contribution in [3.05, 3.63) is 60.3 Å². The smallest absolute Gasteiger partial charge is 0.243 e. The van der Waals surface area contributed by atoms with Crippen LogP contribution < -0.4 is 9.64 Å². The van der Waals surface area contributed by atoms with E-state index in [1.807, 2.05) is 36.1 Å². The van der Waals surface area contributed by atoms with Gasteiger partial charge in [0, 0.05) is 31.7 Å². The lowest BCUT2D eigenvalue weighted by Gasteiger charge is -2.33. The Hall–Kier alpha value is -3.35. The number of sulfonamides is 1. The fraction of sp³-hybridized carbons (Fsp3) is 0.273. The maximum Gasteiger partial charge on any atom is 0.243 e. The van der Waals surface area contributed by atoms with E-state index < -0.39 is 10.0 Å². The van der Waals surface area contributed by atoms with Crippen molar-refractivity contribution in [3.63, 3.8) is 0 Å². The summed E-state index contributed by atoms with van der Waals surface area (Å²) in [5, 5.41) is 9.53. The number of anilines is 1. The van der Waals surface area contributed by atoms with Gasteiger partial charge >= 0.3 is 0 Å². The number of aromatic nitrogens is 1. The summed E-state index contributed by atoms with van der Waals surface area (Å²) >= 11 is 0. The summed E-state index contributed by atoms with van der Waals surface area (Å²) < 4.78 is 38.5. The first kappa shape index (κ1) is 20.9. The van der Waals surface area contributed by atoms with E-state index in [1.54, 1.807) is 30.3 Å². The van der Waals surface area contributed by atoms with E-state index in [4.69, 9.17) is 9.15 Å². The number of hydrogen-bond donors (Lipinski definition) is 0. The Morgan fingerprint density at radius 2 is 1.74 bits per heavy atom. The van der Waals surface area contributed by atoms with Crippen molar-refractivity contribution in [3.8, 4) is 23.3 Å². The Morgan fingerprint density at radius 1 is 1.06 bits per heavy atom. The molecule has 0 N–H and O–H groups in total. The molecule has 2 heterocycles. The van der Waals surface area contributed by atoms with E-state index in [2.05, 4.69) is 11.1 Å². The Balaban J connectivity index is 1.50. The summed E-state index contributed by atoms with van der Waals surface area (Å²) in [6.07, 6.45) is 0. The Bertz CT molecular complexity index is 1180. The molecular weight excluding hydrogens is 416 g/mol. The van der Waals surface area contributed by atoms with E-state index in [0.717, 1.165) is 11.3 Å². The van der Waals surface area contributed by atoms with Crippen molar-refractivity contribution in [2.75, 3.05) is 37.7 Å². The zero-order chi connectivity index (χ0) is 21.8. The molecule has 2 aromatic carbocycles. The molecule has 31 heavy (non-hydrogen) atoms. The first-order valence-electron chi connectivity index (χ1n) is 9.97. The highest BCUT2D eigenvalue weighted by Gasteiger charge is 2.31. The molecule has 9 heteroatoms. The lowest BCUT2D eigenvalue weighted by atomic mass is 10.2. The van der Waals surface area contributed by atoms with Crippen LogP contribution in [0.2, 0.25) is 0 Å². The van der Waals surface area contributed by atoms with Gasteiger partial charge in [-0.3, -0.25) is 0 Å². The zero-order valence-corrected chi connectivity index (χ0v) is 17.9. The largest absolute Gasteiger partial charge is 0.494 e. The predicted molar refractivity (Wildman–Crippen MR) is 115 cm³/mol. The molecule has 4 rings (SSSR count). The number of ether oxygens (including phenoxy) is 1. The molecule has 0 atom stereocenters. The summed E-state index contributed by atoms with van der Waals surface area (Å²) in [4.78, 5) is 6.46. The first-order valence-corrected chi connectivity index (χ1v) is 11.4. The molecule has 1 aromatic heterocycles. The van der Waals surface area contributed by atoms with E-state index in [-0.39, 0.29) is 10.6 Å². The minimum absolute atomic E-state index is 0.184. The Morgan fingerprint density at radius 3 is 2.35 bits per heavy atom. The maximum atomic E-state index is 12.8. The number of piperazine rings is 1. The third kappa shape index (κ3) is 4.26. The molecule has 0 unspecified atom stereocenters. The van der Waals surface area contributed by atoms with E-state index >= 15 is 0 Å². The molecule has 0 saturated carbocycles. The molecule has 0 bridgehead atoms. The topological polar surface area (TPSA) is 99.7 Å². The summed E-state index contributed by atoms with van der Waals surface area (Å²) in [6, 6.07) is 17.8. The average Bonchev–Trinajstić information content (AvgIpc) is 3.25. The van der Waals surface area contributed by atoms with Gasteiger partial charge in [0.15, 0.2) is 0 Å². The zero-order valence-electron chi connectivity index (χ0n) is 17.1. The minimum Gasteiger partial charge on any atom is -0.494 e. The van der Waals surface area contributed by atoms with Crippen LogP contribution in [0.5, 0.6) is 5.75 Å². The van der Waals surface area contributed by atoms with Crippen LogP contribution in [0, 0.1) is 11.3 Å². The quantitative estimate of drug-likeness (QED) is 0.583. The minimum atomic E-state index is -3.55. The fourth-order valence-corrected chi connectivity index (χ4v) is 4.90. The normalized spacial score (nSPS) is 14.9. The SMILES string of the molecule is CCOc1ccc(-c2nc(C#N)c(N3CCN(S(=O)(=O)c4ccccc4)CC3)o2)cc1. The van der Waals surface area contributed by atoms with Crippen LogP contribution in [0.25, 0.3) is 11.5 Å². The number of rotatable bonds is 6. The lowest BCUT2D eigenvalue weighted by molar-refractivity contribution is 0.340. The van der Waals surface area contributed by atoms with Crippen LogP contribution in [0.4, 0.5) is 5.88 Å². The van der Waals surface area contributed by atoms with Crippen molar-refractivity contribution in [1.29, 1.82) is 5.26 Å². The average molecular weight is 439 g/mol. The van der Waals surface area contributed by atoms with Crippen LogP contribution >= 0.6 is 0 Å². The predicted octanol–water partition coefficient (Wildman–Crippen LogP) is 3.12. The van der Waals surface area contributed by atoms with E-state index in [9.17, 15) is 13.7 Å². The van der Waals surface area contributed by atoms with Crippen LogP contribution in [-0.4, -0.2) is 50.5 Å².